The van der Waals surface area contributed by atoms with Gasteiger partial charge in [0.05, 0.1) is 4.91 Å². The minimum Gasteiger partial charge on any atom is -0.377 e. The Hall–Kier alpha value is -1.88. The van der Waals surface area contributed by atoms with E-state index in [1.54, 1.807) is 0 Å². The molecule has 0 N–H and O–H groups in total. The van der Waals surface area contributed by atoms with Crippen molar-refractivity contribution >= 4 is 30.2 Å². The lowest BCUT2D eigenvalue weighted by Gasteiger charge is -2.36. The number of hydrogen-bond acceptors (Lipinski definition) is 8. The van der Waals surface area contributed by atoms with Gasteiger partial charge in [0.2, 0.25) is 0 Å². The largest absolute Gasteiger partial charge is 0.566 e. The van der Waals surface area contributed by atoms with Crippen molar-refractivity contribution in [3.63, 3.8) is 0 Å². The van der Waals surface area contributed by atoms with Gasteiger partial charge in [-0.15, -0.1) is 8.42 Å². The minimum atomic E-state index is -7.49. The molecule has 0 amide bonds. The van der Waals surface area contributed by atoms with Crippen LogP contribution in [0.3, 0.4) is 0 Å². The van der Waals surface area contributed by atoms with Crippen molar-refractivity contribution in [2.24, 2.45) is 10.8 Å². The summed E-state index contributed by atoms with van der Waals surface area (Å²) < 4.78 is 129. The summed E-state index contributed by atoms with van der Waals surface area (Å²) in [5, 5.41) is 0. The maximum absolute atomic E-state index is 14.2. The van der Waals surface area contributed by atoms with Gasteiger partial charge in [-0.1, -0.05) is 53.7 Å². The first kappa shape index (κ1) is 31.2. The van der Waals surface area contributed by atoms with Crippen molar-refractivity contribution < 1.29 is 55.0 Å². The Labute approximate surface area is 200 Å². The second kappa shape index (κ2) is 9.21. The molecule has 1 aromatic rings. The van der Waals surface area contributed by atoms with E-state index < -0.39 is 49.6 Å². The summed E-state index contributed by atoms with van der Waals surface area (Å²) >= 11 is 0. The Balaban J connectivity index is 3.37. The average molecular weight is 575 g/mol. The predicted octanol–water partition coefficient (Wildman–Crippen LogP) is 4.47. The molecule has 0 aliphatic carbocycles. The number of rotatable bonds is 8. The van der Waals surface area contributed by atoms with E-state index in [0.29, 0.717) is 12.0 Å². The van der Waals surface area contributed by atoms with Gasteiger partial charge in [-0.25, -0.2) is 0 Å². The molecule has 0 saturated heterocycles. The van der Waals surface area contributed by atoms with Gasteiger partial charge < -0.3 is 4.18 Å². The molecule has 1 unspecified atom stereocenters. The number of nitrogens with zero attached hydrogens (tertiary/aromatic N) is 1. The quantitative estimate of drug-likeness (QED) is 0.252. The molecule has 0 heterocycles. The van der Waals surface area contributed by atoms with Crippen LogP contribution in [0.1, 0.15) is 59.4 Å². The van der Waals surface area contributed by atoms with Crippen LogP contribution < -0.4 is 4.18 Å². The van der Waals surface area contributed by atoms with Gasteiger partial charge >= 0.3 is 40.3 Å². The third-order valence-corrected chi connectivity index (χ3v) is 10.0. The molecule has 0 spiro atoms. The molecule has 0 radical (unpaired) electrons. The molecule has 0 aromatic heterocycles. The van der Waals surface area contributed by atoms with E-state index in [0.717, 1.165) is 12.1 Å². The highest BCUT2D eigenvalue weighted by Crippen LogP contribution is 2.43. The SMILES string of the molecule is CC(C)(C)CC(c1ccc(OS(=O)(=O)C(F)(F)S(=O)(=O)[N+](=O)S(=O)(=O)C(F)(F)F)cc1)C(C)(C)C. The van der Waals surface area contributed by atoms with Gasteiger partial charge in [-0.2, -0.15) is 38.8 Å². The lowest BCUT2D eigenvalue weighted by atomic mass is 9.69. The molecule has 0 aliphatic rings. The molecule has 17 heteroatoms. The van der Waals surface area contributed by atoms with Crippen LogP contribution in [0.25, 0.3) is 0 Å². The van der Waals surface area contributed by atoms with Crippen molar-refractivity contribution in [3.8, 4) is 5.75 Å². The molecule has 1 atom stereocenters. The minimum absolute atomic E-state index is 0.100. The van der Waals surface area contributed by atoms with E-state index in [-0.39, 0.29) is 16.7 Å². The smallest absolute Gasteiger partial charge is 0.377 e. The Kier molecular flexibility index (Phi) is 8.20. The number of halogens is 5. The van der Waals surface area contributed by atoms with Crippen LogP contribution in [0.4, 0.5) is 22.0 Å². The predicted molar refractivity (Wildman–Crippen MR) is 115 cm³/mol. The lowest BCUT2D eigenvalue weighted by Crippen LogP contribution is -2.48. The normalized spacial score (nSPS) is 15.5. The molecule has 0 fully saturated rings. The Morgan fingerprint density at radius 1 is 0.800 bits per heavy atom. The molecule has 35 heavy (non-hydrogen) atoms. The maximum Gasteiger partial charge on any atom is 0.566 e. The molecule has 9 nitrogen and oxygen atoms in total. The summed E-state index contributed by atoms with van der Waals surface area (Å²) in [7, 11) is -21.6. The standard InChI is InChI=1S/C18H25F5NO8S3/c1-15(2,3)11-14(16(4,5)6)12-7-9-13(10-8-12)32-35(30,31)18(22,23)34(28,29)24(25)33(26,27)17(19,20)21/h7-10,14H,11H2,1-6H3/q+1. The molecule has 0 saturated carbocycles. The van der Waals surface area contributed by atoms with Crippen LogP contribution in [0.15, 0.2) is 24.3 Å². The summed E-state index contributed by atoms with van der Waals surface area (Å²) in [5.74, 6) is -0.959. The summed E-state index contributed by atoms with van der Waals surface area (Å²) in [6, 6.07) is 4.46. The number of benzene rings is 1. The summed E-state index contributed by atoms with van der Waals surface area (Å²) in [5.41, 5.74) is -6.37. The second-order valence-corrected chi connectivity index (χ2v) is 15.5. The first-order valence-corrected chi connectivity index (χ1v) is 13.9. The number of nitroso groups, excluding NO2 is 1. The van der Waals surface area contributed by atoms with Crippen LogP contribution in [0.5, 0.6) is 5.75 Å². The third kappa shape index (κ3) is 6.47. The van der Waals surface area contributed by atoms with Crippen molar-refractivity contribution in [2.45, 2.75) is 64.0 Å². The molecular formula is C18H25F5NO8S3+. The van der Waals surface area contributed by atoms with Crippen molar-refractivity contribution in [2.75, 3.05) is 0 Å². The average Bonchev–Trinajstić information content (AvgIpc) is 2.63. The maximum atomic E-state index is 14.2. The zero-order valence-corrected chi connectivity index (χ0v) is 21.9. The molecule has 1 aromatic carbocycles. The van der Waals surface area contributed by atoms with Crippen molar-refractivity contribution in [3.05, 3.63) is 34.7 Å². The van der Waals surface area contributed by atoms with Gasteiger partial charge in [-0.3, -0.25) is 0 Å². The fraction of sp³-hybridized carbons (Fsp3) is 0.667. The van der Waals surface area contributed by atoms with E-state index in [2.05, 4.69) is 4.18 Å². The fourth-order valence-electron chi connectivity index (χ4n) is 2.90. The van der Waals surface area contributed by atoms with Gasteiger partial charge in [0.25, 0.3) is 3.57 Å². The van der Waals surface area contributed by atoms with Gasteiger partial charge in [0, 0.05) is 0 Å². The van der Waals surface area contributed by atoms with Crippen molar-refractivity contribution in [1.29, 1.82) is 0 Å². The highest BCUT2D eigenvalue weighted by Gasteiger charge is 2.76. The second-order valence-electron chi connectivity index (χ2n) is 9.87. The monoisotopic (exact) mass is 574 g/mol. The third-order valence-electron chi connectivity index (χ3n) is 4.63. The summed E-state index contributed by atoms with van der Waals surface area (Å²) in [6.45, 7) is 11.8. The Morgan fingerprint density at radius 2 is 1.23 bits per heavy atom. The molecule has 0 aliphatic heterocycles. The number of hydrogen-bond donors (Lipinski definition) is 0. The van der Waals surface area contributed by atoms with Crippen LogP contribution >= 0.6 is 0 Å². The first-order valence-electron chi connectivity index (χ1n) is 9.64. The van der Waals surface area contributed by atoms with E-state index in [4.69, 9.17) is 0 Å². The van der Waals surface area contributed by atoms with Crippen LogP contribution in [-0.2, 0) is 30.2 Å². The zero-order chi connectivity index (χ0) is 28.1. The number of alkyl halides is 5. The Bertz CT molecular complexity index is 1270. The van der Waals surface area contributed by atoms with E-state index in [1.807, 2.05) is 41.5 Å². The molecule has 202 valence electrons. The molecular weight excluding hydrogens is 549 g/mol. The highest BCUT2D eigenvalue weighted by molar-refractivity contribution is 8.08. The molecule has 0 bridgehead atoms. The van der Waals surface area contributed by atoms with E-state index in [9.17, 15) is 52.1 Å². The summed E-state index contributed by atoms with van der Waals surface area (Å²) in [4.78, 5) is 11.2. The van der Waals surface area contributed by atoms with E-state index >= 15 is 0 Å². The first-order chi connectivity index (χ1) is 15.2. The Morgan fingerprint density at radius 3 is 1.57 bits per heavy atom. The van der Waals surface area contributed by atoms with Crippen LogP contribution in [0, 0.1) is 15.7 Å². The topological polar surface area (TPSA) is 132 Å². The number of sulfonamides is 2. The fourth-order valence-corrected chi connectivity index (χ4v) is 6.75. The summed E-state index contributed by atoms with van der Waals surface area (Å²) in [6.07, 6.45) is 0.665. The zero-order valence-electron chi connectivity index (χ0n) is 19.4. The molecule has 1 rings (SSSR count). The lowest BCUT2D eigenvalue weighted by molar-refractivity contribution is -0.238. The van der Waals surface area contributed by atoms with Crippen LogP contribution in [-0.4, -0.2) is 38.9 Å². The van der Waals surface area contributed by atoms with Gasteiger partial charge in [0.15, 0.2) is 0 Å². The highest BCUT2D eigenvalue weighted by atomic mass is 32.3. The van der Waals surface area contributed by atoms with Gasteiger partial charge in [0.1, 0.15) is 5.75 Å². The van der Waals surface area contributed by atoms with Crippen LogP contribution in [0.2, 0.25) is 0 Å². The van der Waals surface area contributed by atoms with E-state index in [1.165, 1.54) is 12.1 Å². The van der Waals surface area contributed by atoms with Gasteiger partial charge in [-0.05, 0) is 40.9 Å². The van der Waals surface area contributed by atoms with Crippen molar-refractivity contribution in [1.82, 2.24) is 0 Å².